The molecular formula is C23H23N3O4. The number of carbonyl (C=O) groups is 3. The Labute approximate surface area is 174 Å². The van der Waals surface area contributed by atoms with E-state index in [4.69, 9.17) is 4.74 Å². The number of anilines is 1. The standard InChI is InChI=1S/C23H23N3O4/c1-30-23(29)19-17-18(22(28)26(21(17)27)16-10-6-3-7-11-16)20-24(12-13-25(19)20)14-15-8-4-2-5-9-15/h2-11,17-20H,12-14H2,1H3/t17-,18+,19+,20?/m1/s1. The molecule has 0 saturated carbocycles. The number of imide groups is 1. The Kier molecular flexibility index (Phi) is 4.64. The Hall–Kier alpha value is -3.03. The van der Waals surface area contributed by atoms with Crippen LogP contribution in [-0.4, -0.2) is 60.0 Å². The zero-order valence-corrected chi connectivity index (χ0v) is 16.7. The van der Waals surface area contributed by atoms with Crippen LogP contribution in [0.15, 0.2) is 60.7 Å². The number of para-hydroxylation sites is 1. The zero-order chi connectivity index (χ0) is 20.8. The monoisotopic (exact) mass is 405 g/mol. The average molecular weight is 405 g/mol. The fourth-order valence-corrected chi connectivity index (χ4v) is 5.24. The number of carbonyl (C=O) groups excluding carboxylic acids is 3. The minimum Gasteiger partial charge on any atom is -0.468 e. The smallest absolute Gasteiger partial charge is 0.323 e. The summed E-state index contributed by atoms with van der Waals surface area (Å²) in [5, 5.41) is 0. The van der Waals surface area contributed by atoms with Gasteiger partial charge in [-0.15, -0.1) is 0 Å². The Morgan fingerprint density at radius 1 is 0.933 bits per heavy atom. The van der Waals surface area contributed by atoms with Gasteiger partial charge in [-0.25, -0.2) is 4.90 Å². The summed E-state index contributed by atoms with van der Waals surface area (Å²) in [4.78, 5) is 45.0. The number of hydrogen-bond acceptors (Lipinski definition) is 6. The molecule has 0 N–H and O–H groups in total. The molecule has 5 rings (SSSR count). The Morgan fingerprint density at radius 2 is 1.57 bits per heavy atom. The Bertz CT molecular complexity index is 980. The third-order valence-electron chi connectivity index (χ3n) is 6.46. The first kappa shape index (κ1) is 19.0. The van der Waals surface area contributed by atoms with E-state index in [1.54, 1.807) is 24.3 Å². The van der Waals surface area contributed by atoms with Gasteiger partial charge in [0.15, 0.2) is 0 Å². The molecule has 30 heavy (non-hydrogen) atoms. The van der Waals surface area contributed by atoms with E-state index >= 15 is 0 Å². The number of methoxy groups -OCH3 is 1. The molecule has 2 aromatic rings. The van der Waals surface area contributed by atoms with E-state index in [9.17, 15) is 14.4 Å². The Balaban J connectivity index is 1.52. The zero-order valence-electron chi connectivity index (χ0n) is 16.7. The summed E-state index contributed by atoms with van der Waals surface area (Å²) in [7, 11) is 1.33. The summed E-state index contributed by atoms with van der Waals surface area (Å²) in [6, 6.07) is 18.2. The predicted octanol–water partition coefficient (Wildman–Crippen LogP) is 1.49. The average Bonchev–Trinajstić information content (AvgIpc) is 3.39. The quantitative estimate of drug-likeness (QED) is 0.567. The maximum Gasteiger partial charge on any atom is 0.323 e. The van der Waals surface area contributed by atoms with Crippen molar-refractivity contribution in [2.24, 2.45) is 11.8 Å². The van der Waals surface area contributed by atoms with Crippen molar-refractivity contribution in [3.05, 3.63) is 66.2 Å². The first-order chi connectivity index (χ1) is 14.6. The second-order valence-corrected chi connectivity index (χ2v) is 7.97. The topological polar surface area (TPSA) is 70.2 Å². The summed E-state index contributed by atoms with van der Waals surface area (Å²) in [6.07, 6.45) is -0.301. The van der Waals surface area contributed by atoms with Crippen molar-refractivity contribution in [2.45, 2.75) is 18.8 Å². The molecule has 3 heterocycles. The third-order valence-corrected chi connectivity index (χ3v) is 6.46. The molecule has 1 unspecified atom stereocenters. The fourth-order valence-electron chi connectivity index (χ4n) is 5.24. The van der Waals surface area contributed by atoms with E-state index < -0.39 is 23.8 Å². The van der Waals surface area contributed by atoms with Crippen LogP contribution in [0.5, 0.6) is 0 Å². The van der Waals surface area contributed by atoms with Gasteiger partial charge in [-0.2, -0.15) is 0 Å². The minimum atomic E-state index is -0.740. The number of hydrogen-bond donors (Lipinski definition) is 0. The molecule has 0 bridgehead atoms. The second kappa shape index (κ2) is 7.34. The van der Waals surface area contributed by atoms with Gasteiger partial charge in [-0.3, -0.25) is 24.2 Å². The summed E-state index contributed by atoms with van der Waals surface area (Å²) < 4.78 is 5.05. The van der Waals surface area contributed by atoms with Crippen LogP contribution in [0.3, 0.4) is 0 Å². The maximum atomic E-state index is 13.5. The highest BCUT2D eigenvalue weighted by molar-refractivity contribution is 6.23. The molecule has 7 nitrogen and oxygen atoms in total. The molecule has 7 heteroatoms. The van der Waals surface area contributed by atoms with E-state index in [1.165, 1.54) is 12.0 Å². The highest BCUT2D eigenvalue weighted by Crippen LogP contribution is 2.47. The van der Waals surface area contributed by atoms with Crippen molar-refractivity contribution in [1.29, 1.82) is 0 Å². The van der Waals surface area contributed by atoms with Crippen LogP contribution in [0.2, 0.25) is 0 Å². The van der Waals surface area contributed by atoms with E-state index in [-0.39, 0.29) is 18.0 Å². The lowest BCUT2D eigenvalue weighted by atomic mass is 9.91. The molecule has 154 valence electrons. The number of amides is 2. The van der Waals surface area contributed by atoms with Gasteiger partial charge in [0, 0.05) is 19.6 Å². The molecule has 4 atom stereocenters. The highest BCUT2D eigenvalue weighted by atomic mass is 16.5. The van der Waals surface area contributed by atoms with Crippen LogP contribution in [0.4, 0.5) is 5.69 Å². The SMILES string of the molecule is COC(=O)[C@@H]1[C@@H]2C(=O)N(c3ccccc3)C(=O)[C@@H]2C2N(Cc3ccccc3)CCN21. The van der Waals surface area contributed by atoms with Crippen molar-refractivity contribution >= 4 is 23.5 Å². The number of nitrogens with zero attached hydrogens (tertiary/aromatic N) is 3. The molecule has 3 aliphatic rings. The first-order valence-corrected chi connectivity index (χ1v) is 10.2. The Morgan fingerprint density at radius 3 is 2.23 bits per heavy atom. The van der Waals surface area contributed by atoms with Crippen molar-refractivity contribution < 1.29 is 19.1 Å². The molecule has 3 aliphatic heterocycles. The van der Waals surface area contributed by atoms with Crippen LogP contribution in [-0.2, 0) is 25.7 Å². The summed E-state index contributed by atoms with van der Waals surface area (Å²) in [6.45, 7) is 2.01. The number of rotatable bonds is 4. The summed E-state index contributed by atoms with van der Waals surface area (Å²) in [5.41, 5.74) is 1.68. The lowest BCUT2D eigenvalue weighted by Gasteiger charge is -2.30. The van der Waals surface area contributed by atoms with E-state index in [0.29, 0.717) is 18.8 Å². The number of ether oxygens (including phenoxy) is 1. The molecular weight excluding hydrogens is 382 g/mol. The number of esters is 1. The van der Waals surface area contributed by atoms with Gasteiger partial charge < -0.3 is 4.74 Å². The van der Waals surface area contributed by atoms with Gasteiger partial charge in [0.25, 0.3) is 0 Å². The molecule has 2 aromatic carbocycles. The van der Waals surface area contributed by atoms with E-state index in [1.807, 2.05) is 41.3 Å². The third kappa shape index (κ3) is 2.77. The second-order valence-electron chi connectivity index (χ2n) is 7.97. The molecule has 3 fully saturated rings. The van der Waals surface area contributed by atoms with E-state index in [2.05, 4.69) is 4.90 Å². The van der Waals surface area contributed by atoms with Crippen molar-refractivity contribution in [3.63, 3.8) is 0 Å². The van der Waals surface area contributed by atoms with Gasteiger partial charge in [0.1, 0.15) is 6.04 Å². The molecule has 0 aromatic heterocycles. The van der Waals surface area contributed by atoms with Crippen LogP contribution in [0.1, 0.15) is 5.56 Å². The number of benzene rings is 2. The minimum absolute atomic E-state index is 0.238. The maximum absolute atomic E-state index is 13.5. The van der Waals surface area contributed by atoms with Gasteiger partial charge >= 0.3 is 5.97 Å². The molecule has 0 spiro atoms. The lowest BCUT2D eigenvalue weighted by molar-refractivity contribution is -0.149. The van der Waals surface area contributed by atoms with Crippen molar-refractivity contribution in [1.82, 2.24) is 9.80 Å². The van der Waals surface area contributed by atoms with Crippen LogP contribution in [0.25, 0.3) is 0 Å². The first-order valence-electron chi connectivity index (χ1n) is 10.2. The van der Waals surface area contributed by atoms with Gasteiger partial charge in [-0.1, -0.05) is 48.5 Å². The van der Waals surface area contributed by atoms with Crippen LogP contribution < -0.4 is 4.90 Å². The van der Waals surface area contributed by atoms with Crippen molar-refractivity contribution in [3.8, 4) is 0 Å². The normalized spacial score (nSPS) is 28.6. The highest BCUT2D eigenvalue weighted by Gasteiger charge is 2.67. The largest absolute Gasteiger partial charge is 0.468 e. The van der Waals surface area contributed by atoms with Gasteiger partial charge in [-0.05, 0) is 17.7 Å². The molecule has 3 saturated heterocycles. The van der Waals surface area contributed by atoms with Crippen LogP contribution >= 0.6 is 0 Å². The predicted molar refractivity (Wildman–Crippen MR) is 109 cm³/mol. The van der Waals surface area contributed by atoms with Crippen LogP contribution in [0, 0.1) is 11.8 Å². The summed E-state index contributed by atoms with van der Waals surface area (Å²) >= 11 is 0. The fraction of sp³-hybridized carbons (Fsp3) is 0.348. The molecule has 2 amide bonds. The molecule has 0 radical (unpaired) electrons. The lowest BCUT2D eigenvalue weighted by Crippen LogP contribution is -2.48. The van der Waals surface area contributed by atoms with E-state index in [0.717, 1.165) is 12.1 Å². The number of fused-ring (bicyclic) bond motifs is 3. The van der Waals surface area contributed by atoms with Crippen molar-refractivity contribution in [2.75, 3.05) is 25.1 Å². The summed E-state index contributed by atoms with van der Waals surface area (Å²) in [5.74, 6) is -2.33. The van der Waals surface area contributed by atoms with Gasteiger partial charge in [0.2, 0.25) is 11.8 Å². The van der Waals surface area contributed by atoms with Gasteiger partial charge in [0.05, 0.1) is 30.8 Å². The molecule has 0 aliphatic carbocycles.